The normalized spacial score (nSPS) is 9.38. The molecule has 0 radical (unpaired) electrons. The minimum absolute atomic E-state index is 0. The summed E-state index contributed by atoms with van der Waals surface area (Å²) in [6.45, 7) is 4.43. The molecular formula is C17H23Cl2N3O2. The number of amides is 1. The molecule has 24 heavy (non-hydrogen) atoms. The summed E-state index contributed by atoms with van der Waals surface area (Å²) in [5.74, 6) is 1.05. The van der Waals surface area contributed by atoms with E-state index in [1.807, 2.05) is 30.3 Å². The van der Waals surface area contributed by atoms with Crippen LogP contribution in [0.1, 0.15) is 23.7 Å². The van der Waals surface area contributed by atoms with Crippen LogP contribution in [0.4, 0.5) is 0 Å². The fourth-order valence-electron chi connectivity index (χ4n) is 1.85. The lowest BCUT2D eigenvalue weighted by atomic mass is 10.2. The number of ether oxygens (including phenoxy) is 1. The van der Waals surface area contributed by atoms with Gasteiger partial charge in [0.2, 0.25) is 5.88 Å². The molecule has 0 saturated heterocycles. The van der Waals surface area contributed by atoms with Gasteiger partial charge in [-0.15, -0.1) is 24.8 Å². The van der Waals surface area contributed by atoms with Crippen LogP contribution in [0.15, 0.2) is 48.7 Å². The summed E-state index contributed by atoms with van der Waals surface area (Å²) < 4.78 is 5.59. The molecule has 0 aliphatic heterocycles. The van der Waals surface area contributed by atoms with Crippen LogP contribution in [-0.4, -0.2) is 30.5 Å². The largest absolute Gasteiger partial charge is 0.439 e. The summed E-state index contributed by atoms with van der Waals surface area (Å²) in [5, 5.41) is 6.07. The third-order valence-electron chi connectivity index (χ3n) is 2.98. The van der Waals surface area contributed by atoms with Crippen molar-refractivity contribution in [2.45, 2.75) is 13.3 Å². The smallest absolute Gasteiger partial charge is 0.252 e. The van der Waals surface area contributed by atoms with Crippen LogP contribution in [-0.2, 0) is 0 Å². The van der Waals surface area contributed by atoms with E-state index in [4.69, 9.17) is 4.74 Å². The van der Waals surface area contributed by atoms with Crippen molar-refractivity contribution in [2.24, 2.45) is 0 Å². The van der Waals surface area contributed by atoms with E-state index < -0.39 is 0 Å². The van der Waals surface area contributed by atoms with E-state index in [0.717, 1.165) is 19.5 Å². The SMILES string of the molecule is CCCNCCNC(=O)c1ccc(Oc2ccccc2)nc1.Cl.Cl. The van der Waals surface area contributed by atoms with Crippen molar-refractivity contribution >= 4 is 30.7 Å². The molecule has 1 aromatic carbocycles. The van der Waals surface area contributed by atoms with E-state index in [-0.39, 0.29) is 30.7 Å². The number of para-hydroxylation sites is 1. The molecule has 0 aliphatic rings. The summed E-state index contributed by atoms with van der Waals surface area (Å²) in [5.41, 5.74) is 0.524. The molecule has 0 atom stereocenters. The van der Waals surface area contributed by atoms with E-state index in [1.54, 1.807) is 12.1 Å². The lowest BCUT2D eigenvalue weighted by Crippen LogP contribution is -2.32. The summed E-state index contributed by atoms with van der Waals surface area (Å²) in [7, 11) is 0. The molecule has 1 heterocycles. The van der Waals surface area contributed by atoms with E-state index in [2.05, 4.69) is 22.5 Å². The number of nitrogens with one attached hydrogen (secondary N) is 2. The molecule has 2 aromatic rings. The van der Waals surface area contributed by atoms with Crippen molar-refractivity contribution in [3.05, 3.63) is 54.2 Å². The van der Waals surface area contributed by atoms with Gasteiger partial charge in [-0.05, 0) is 31.2 Å². The fraction of sp³-hybridized carbons (Fsp3) is 0.294. The van der Waals surface area contributed by atoms with Gasteiger partial charge in [-0.25, -0.2) is 4.98 Å². The van der Waals surface area contributed by atoms with Crippen LogP contribution in [0.3, 0.4) is 0 Å². The summed E-state index contributed by atoms with van der Waals surface area (Å²) in [6.07, 6.45) is 2.60. The Balaban J connectivity index is 0.00000264. The van der Waals surface area contributed by atoms with Crippen molar-refractivity contribution < 1.29 is 9.53 Å². The van der Waals surface area contributed by atoms with E-state index >= 15 is 0 Å². The molecule has 5 nitrogen and oxygen atoms in total. The highest BCUT2D eigenvalue weighted by molar-refractivity contribution is 5.93. The number of aromatic nitrogens is 1. The van der Waals surface area contributed by atoms with E-state index in [0.29, 0.717) is 23.7 Å². The first-order valence-corrected chi connectivity index (χ1v) is 7.47. The van der Waals surface area contributed by atoms with E-state index in [9.17, 15) is 4.79 Å². The number of carbonyl (C=O) groups excluding carboxylic acids is 1. The zero-order chi connectivity index (χ0) is 15.6. The molecule has 0 aliphatic carbocycles. The van der Waals surface area contributed by atoms with Crippen molar-refractivity contribution in [1.82, 2.24) is 15.6 Å². The Morgan fingerprint density at radius 1 is 1.04 bits per heavy atom. The van der Waals surface area contributed by atoms with Gasteiger partial charge in [0.05, 0.1) is 5.56 Å². The molecule has 0 saturated carbocycles. The molecule has 2 N–H and O–H groups in total. The molecule has 1 aromatic heterocycles. The van der Waals surface area contributed by atoms with Gasteiger partial charge in [0, 0.05) is 25.4 Å². The Morgan fingerprint density at radius 3 is 2.42 bits per heavy atom. The summed E-state index contributed by atoms with van der Waals surface area (Å²) in [4.78, 5) is 16.1. The fourth-order valence-corrected chi connectivity index (χ4v) is 1.85. The Kier molecular flexibility index (Phi) is 11.6. The van der Waals surface area contributed by atoms with Gasteiger partial charge in [-0.3, -0.25) is 4.79 Å². The van der Waals surface area contributed by atoms with Gasteiger partial charge in [-0.1, -0.05) is 25.1 Å². The molecule has 0 spiro atoms. The second kappa shape index (κ2) is 12.6. The highest BCUT2D eigenvalue weighted by Crippen LogP contribution is 2.18. The Morgan fingerprint density at radius 2 is 1.79 bits per heavy atom. The van der Waals surface area contributed by atoms with Crippen molar-refractivity contribution in [3.63, 3.8) is 0 Å². The second-order valence-corrected chi connectivity index (χ2v) is 4.81. The standard InChI is InChI=1S/C17H21N3O2.2ClH/c1-2-10-18-11-12-19-17(21)14-8-9-16(20-13-14)22-15-6-4-3-5-7-15;;/h3-9,13,18H,2,10-12H2,1H3,(H,19,21);2*1H. The molecular weight excluding hydrogens is 349 g/mol. The number of pyridine rings is 1. The van der Waals surface area contributed by atoms with Crippen LogP contribution in [0.2, 0.25) is 0 Å². The highest BCUT2D eigenvalue weighted by Gasteiger charge is 2.06. The lowest BCUT2D eigenvalue weighted by molar-refractivity contribution is 0.0953. The van der Waals surface area contributed by atoms with Gasteiger partial charge in [0.15, 0.2) is 0 Å². The first-order valence-electron chi connectivity index (χ1n) is 7.47. The summed E-state index contributed by atoms with van der Waals surface area (Å²) >= 11 is 0. The third-order valence-corrected chi connectivity index (χ3v) is 2.98. The Hall–Kier alpha value is -1.82. The highest BCUT2D eigenvalue weighted by atomic mass is 35.5. The molecule has 0 unspecified atom stereocenters. The molecule has 0 bridgehead atoms. The van der Waals surface area contributed by atoms with Gasteiger partial charge in [0.1, 0.15) is 5.75 Å². The van der Waals surface area contributed by atoms with Gasteiger partial charge >= 0.3 is 0 Å². The monoisotopic (exact) mass is 371 g/mol. The maximum absolute atomic E-state index is 11.9. The zero-order valence-corrected chi connectivity index (χ0v) is 15.2. The predicted molar refractivity (Wildman–Crippen MR) is 101 cm³/mol. The second-order valence-electron chi connectivity index (χ2n) is 4.81. The van der Waals surface area contributed by atoms with Gasteiger partial charge in [0.25, 0.3) is 5.91 Å². The number of hydrogen-bond acceptors (Lipinski definition) is 4. The molecule has 1 amide bonds. The minimum Gasteiger partial charge on any atom is -0.439 e. The number of hydrogen-bond donors (Lipinski definition) is 2. The maximum atomic E-state index is 11.9. The number of nitrogens with zero attached hydrogens (tertiary/aromatic N) is 1. The van der Waals surface area contributed by atoms with Crippen LogP contribution >= 0.6 is 24.8 Å². The average molecular weight is 372 g/mol. The van der Waals surface area contributed by atoms with Crippen LogP contribution in [0, 0.1) is 0 Å². The Labute approximate surface area is 155 Å². The molecule has 7 heteroatoms. The molecule has 0 fully saturated rings. The Bertz CT molecular complexity index is 580. The molecule has 2 rings (SSSR count). The first kappa shape index (κ1) is 22.2. The van der Waals surface area contributed by atoms with Crippen molar-refractivity contribution in [2.75, 3.05) is 19.6 Å². The number of rotatable bonds is 8. The number of benzene rings is 1. The average Bonchev–Trinajstić information content (AvgIpc) is 2.56. The van der Waals surface area contributed by atoms with Crippen LogP contribution < -0.4 is 15.4 Å². The van der Waals surface area contributed by atoms with Crippen LogP contribution in [0.25, 0.3) is 0 Å². The van der Waals surface area contributed by atoms with Crippen LogP contribution in [0.5, 0.6) is 11.6 Å². The topological polar surface area (TPSA) is 63.2 Å². The quantitative estimate of drug-likeness (QED) is 0.697. The maximum Gasteiger partial charge on any atom is 0.252 e. The van der Waals surface area contributed by atoms with Gasteiger partial charge < -0.3 is 15.4 Å². The lowest BCUT2D eigenvalue weighted by Gasteiger charge is -2.07. The van der Waals surface area contributed by atoms with Crippen molar-refractivity contribution in [1.29, 1.82) is 0 Å². The minimum atomic E-state index is -0.128. The first-order chi connectivity index (χ1) is 10.8. The molecule has 132 valence electrons. The van der Waals surface area contributed by atoms with Gasteiger partial charge in [-0.2, -0.15) is 0 Å². The third kappa shape index (κ3) is 7.64. The number of halogens is 2. The number of carbonyl (C=O) groups is 1. The summed E-state index contributed by atoms with van der Waals surface area (Å²) in [6, 6.07) is 12.8. The zero-order valence-electron chi connectivity index (χ0n) is 13.5. The van der Waals surface area contributed by atoms with Crippen molar-refractivity contribution in [3.8, 4) is 11.6 Å². The van der Waals surface area contributed by atoms with E-state index in [1.165, 1.54) is 6.20 Å². The predicted octanol–water partition coefficient (Wildman–Crippen LogP) is 3.45.